The van der Waals surface area contributed by atoms with Gasteiger partial charge in [0.1, 0.15) is 19.6 Å². The van der Waals surface area contributed by atoms with Gasteiger partial charge in [0, 0.05) is 39.9 Å². The van der Waals surface area contributed by atoms with Crippen molar-refractivity contribution in [3.8, 4) is 61.8 Å². The molecule has 0 radical (unpaired) electrons. The van der Waals surface area contributed by atoms with E-state index in [1.54, 1.807) is 0 Å². The molecule has 0 fully saturated rings. The predicted molar refractivity (Wildman–Crippen MR) is 244 cm³/mol. The van der Waals surface area contributed by atoms with Crippen LogP contribution in [0.2, 0.25) is 13.1 Å². The van der Waals surface area contributed by atoms with Gasteiger partial charge in [-0.05, 0) is 69.4 Å². The molecule has 4 heterocycles. The summed E-state index contributed by atoms with van der Waals surface area (Å²) in [6.07, 6.45) is 1.91. The second kappa shape index (κ2) is 12.2. The topological polar surface area (TPSA) is 44.4 Å². The maximum atomic E-state index is 7.25. The summed E-state index contributed by atoms with van der Waals surface area (Å²) in [6, 6.07) is 59.5. The number of fused-ring (bicyclic) bond motifs is 15. The predicted octanol–water partition coefficient (Wildman–Crippen LogP) is 12.1. The van der Waals surface area contributed by atoms with E-state index < -0.39 is 8.07 Å². The summed E-state index contributed by atoms with van der Waals surface area (Å²) in [5.41, 5.74) is 16.9. The van der Waals surface area contributed by atoms with E-state index in [2.05, 4.69) is 200 Å². The summed E-state index contributed by atoms with van der Waals surface area (Å²) >= 11 is 0. The summed E-state index contributed by atoms with van der Waals surface area (Å²) in [6.45, 7) is 9.62. The Kier molecular flexibility index (Phi) is 7.07. The number of pyridine rings is 1. The minimum atomic E-state index is -2.41. The molecule has 0 bridgehead atoms. The highest BCUT2D eigenvalue weighted by Crippen LogP contribution is 2.50. The monoisotopic (exact) mass is 776 g/mol. The zero-order valence-electron chi connectivity index (χ0n) is 33.4. The SMILES string of the molecule is CC1(C)c2ccc(-n3c4ccccc4n4c5ccccc5nc34)cc2Oc2c1cccc2[Si](C)(C)c1ccc2c(c1)-c1ccccc1-c1cccnc1-c1ccccc1-2. The lowest BCUT2D eigenvalue weighted by Crippen LogP contribution is -2.54. The second-order valence-corrected chi connectivity index (χ2v) is 21.4. The molecule has 12 rings (SSSR count). The molecule has 0 amide bonds. The fourth-order valence-electron chi connectivity index (χ4n) is 10.0. The molecule has 0 saturated heterocycles. The smallest absolute Gasteiger partial charge is 0.220 e. The van der Waals surface area contributed by atoms with Gasteiger partial charge in [0.2, 0.25) is 5.78 Å². The molecule has 7 aromatic carbocycles. The zero-order valence-corrected chi connectivity index (χ0v) is 34.4. The van der Waals surface area contributed by atoms with Gasteiger partial charge in [-0.1, -0.05) is 153 Å². The molecule has 1 aliphatic heterocycles. The van der Waals surface area contributed by atoms with E-state index in [1.165, 1.54) is 49.3 Å². The van der Waals surface area contributed by atoms with Gasteiger partial charge in [0.25, 0.3) is 0 Å². The first-order valence-electron chi connectivity index (χ1n) is 20.4. The third-order valence-electron chi connectivity index (χ3n) is 13.1. The molecule has 10 aromatic rings. The molecule has 0 spiro atoms. The van der Waals surface area contributed by atoms with Crippen LogP contribution >= 0.6 is 0 Å². The maximum Gasteiger partial charge on any atom is 0.220 e. The number of nitrogens with zero attached hydrogens (tertiary/aromatic N) is 4. The van der Waals surface area contributed by atoms with E-state index >= 15 is 0 Å². The minimum absolute atomic E-state index is 0.284. The Morgan fingerprint density at radius 3 is 2.02 bits per heavy atom. The first-order valence-corrected chi connectivity index (χ1v) is 23.4. The van der Waals surface area contributed by atoms with Crippen molar-refractivity contribution in [2.24, 2.45) is 0 Å². The molecule has 6 heteroatoms. The molecule has 2 aliphatic rings. The van der Waals surface area contributed by atoms with Crippen LogP contribution in [-0.4, -0.2) is 27.0 Å². The Morgan fingerprint density at radius 1 is 0.542 bits per heavy atom. The first kappa shape index (κ1) is 34.1. The summed E-state index contributed by atoms with van der Waals surface area (Å²) in [4.78, 5) is 10.1. The van der Waals surface area contributed by atoms with Crippen molar-refractivity contribution in [3.05, 3.63) is 181 Å². The van der Waals surface area contributed by atoms with Crippen molar-refractivity contribution in [1.29, 1.82) is 0 Å². The van der Waals surface area contributed by atoms with E-state index in [0.29, 0.717) is 0 Å². The highest BCUT2D eigenvalue weighted by Gasteiger charge is 2.40. The molecule has 59 heavy (non-hydrogen) atoms. The molecular weight excluding hydrogens is 737 g/mol. The van der Waals surface area contributed by atoms with Gasteiger partial charge >= 0.3 is 0 Å². The van der Waals surface area contributed by atoms with Crippen LogP contribution in [0.3, 0.4) is 0 Å². The van der Waals surface area contributed by atoms with Gasteiger partial charge in [-0.3, -0.25) is 14.0 Å². The van der Waals surface area contributed by atoms with Crippen LogP contribution in [-0.2, 0) is 5.41 Å². The van der Waals surface area contributed by atoms with E-state index in [1.807, 2.05) is 6.20 Å². The van der Waals surface area contributed by atoms with Gasteiger partial charge in [-0.25, -0.2) is 4.98 Å². The molecule has 282 valence electrons. The number of para-hydroxylation sites is 5. The fourth-order valence-corrected chi connectivity index (χ4v) is 12.6. The van der Waals surface area contributed by atoms with Crippen molar-refractivity contribution in [1.82, 2.24) is 18.9 Å². The Hall–Kier alpha value is -7.02. The third kappa shape index (κ3) is 4.78. The lowest BCUT2D eigenvalue weighted by molar-refractivity contribution is 0.421. The molecule has 0 atom stereocenters. The van der Waals surface area contributed by atoms with E-state index in [0.717, 1.165) is 61.9 Å². The minimum Gasteiger partial charge on any atom is -0.457 e. The molecule has 0 unspecified atom stereocenters. The number of ether oxygens (including phenoxy) is 1. The number of imidazole rings is 2. The van der Waals surface area contributed by atoms with Crippen LogP contribution in [0, 0.1) is 0 Å². The highest BCUT2D eigenvalue weighted by molar-refractivity contribution is 7.01. The molecule has 1 aliphatic carbocycles. The molecular formula is C53H40N4OSi. The van der Waals surface area contributed by atoms with Crippen LogP contribution in [0.1, 0.15) is 25.0 Å². The van der Waals surface area contributed by atoms with Crippen LogP contribution < -0.4 is 15.1 Å². The maximum absolute atomic E-state index is 7.25. The standard InChI is InChI=1S/C53H40N4OSi/c1-53(2)42-29-26-33(56-46-23-11-12-24-47(46)57-45-22-10-9-21-44(45)55-52(56)57)31-48(42)58-51-43(53)20-13-25-49(51)59(3,4)34-27-28-38-36-16-7-8-18-39(36)50-40(19-14-30-54-50)35-15-5-6-17-37(35)41(38)32-34/h5-32H,1-4H3. The van der Waals surface area contributed by atoms with E-state index in [9.17, 15) is 0 Å². The van der Waals surface area contributed by atoms with Crippen molar-refractivity contribution >= 4 is 46.3 Å². The summed E-state index contributed by atoms with van der Waals surface area (Å²) in [5, 5.41) is 2.65. The normalized spacial score (nSPS) is 13.7. The van der Waals surface area contributed by atoms with Gasteiger partial charge in [-0.2, -0.15) is 0 Å². The summed E-state index contributed by atoms with van der Waals surface area (Å²) < 4.78 is 11.8. The zero-order chi connectivity index (χ0) is 39.6. The van der Waals surface area contributed by atoms with Gasteiger partial charge in [0.15, 0.2) is 0 Å². The number of hydrogen-bond acceptors (Lipinski definition) is 3. The molecule has 0 N–H and O–H groups in total. The number of aromatic nitrogens is 4. The quantitative estimate of drug-likeness (QED) is 0.168. The second-order valence-electron chi connectivity index (χ2n) is 17.0. The molecule has 0 saturated carbocycles. The van der Waals surface area contributed by atoms with Crippen LogP contribution in [0.15, 0.2) is 170 Å². The summed E-state index contributed by atoms with van der Waals surface area (Å²) in [5.74, 6) is 2.77. The van der Waals surface area contributed by atoms with Crippen molar-refractivity contribution < 1.29 is 4.74 Å². The van der Waals surface area contributed by atoms with Crippen LogP contribution in [0.4, 0.5) is 0 Å². The van der Waals surface area contributed by atoms with E-state index in [4.69, 9.17) is 14.7 Å². The molecule has 3 aromatic heterocycles. The van der Waals surface area contributed by atoms with Crippen molar-refractivity contribution in [2.75, 3.05) is 0 Å². The summed E-state index contributed by atoms with van der Waals surface area (Å²) in [7, 11) is -2.41. The largest absolute Gasteiger partial charge is 0.457 e. The number of hydrogen-bond donors (Lipinski definition) is 0. The Labute approximate surface area is 343 Å². The van der Waals surface area contributed by atoms with Gasteiger partial charge in [0.05, 0.1) is 33.4 Å². The number of rotatable bonds is 3. The highest BCUT2D eigenvalue weighted by atomic mass is 28.3. The fraction of sp³-hybridized carbons (Fsp3) is 0.0943. The Balaban J connectivity index is 1.01. The Morgan fingerprint density at radius 2 is 1.20 bits per heavy atom. The van der Waals surface area contributed by atoms with Crippen LogP contribution in [0.25, 0.3) is 78.2 Å². The van der Waals surface area contributed by atoms with Gasteiger partial charge < -0.3 is 4.74 Å². The third-order valence-corrected chi connectivity index (χ3v) is 16.6. The van der Waals surface area contributed by atoms with Crippen LogP contribution in [0.5, 0.6) is 11.5 Å². The molecule has 5 nitrogen and oxygen atoms in total. The average molecular weight is 777 g/mol. The first-order chi connectivity index (χ1) is 28.8. The lowest BCUT2D eigenvalue weighted by atomic mass is 9.76. The van der Waals surface area contributed by atoms with Crippen molar-refractivity contribution in [2.45, 2.75) is 32.4 Å². The Bertz CT molecular complexity index is 3380. The number of benzene rings is 7. The van der Waals surface area contributed by atoms with Gasteiger partial charge in [-0.15, -0.1) is 0 Å². The van der Waals surface area contributed by atoms with E-state index in [-0.39, 0.29) is 5.41 Å². The van der Waals surface area contributed by atoms with Crippen molar-refractivity contribution in [3.63, 3.8) is 0 Å². The lowest BCUT2D eigenvalue weighted by Gasteiger charge is -2.38. The average Bonchev–Trinajstić information content (AvgIpc) is 3.80.